The maximum atomic E-state index is 12.9. The first kappa shape index (κ1) is 27.7. The van der Waals surface area contributed by atoms with E-state index in [1.165, 1.54) is 11.8 Å². The second kappa shape index (κ2) is 13.3. The molecule has 0 bridgehead atoms. The smallest absolute Gasteiger partial charge is 0.326 e. The highest BCUT2D eigenvalue weighted by molar-refractivity contribution is 7.98. The van der Waals surface area contributed by atoms with E-state index in [1.54, 1.807) is 0 Å². The van der Waals surface area contributed by atoms with Gasteiger partial charge in [-0.3, -0.25) is 19.2 Å². The Bertz CT molecular complexity index is 703. The summed E-state index contributed by atoms with van der Waals surface area (Å²) in [6, 6.07) is -4.32. The summed E-state index contributed by atoms with van der Waals surface area (Å²) >= 11 is 1.54. The van der Waals surface area contributed by atoms with Gasteiger partial charge in [-0.1, -0.05) is 13.8 Å². The van der Waals surface area contributed by atoms with Crippen LogP contribution in [0.3, 0.4) is 0 Å². The summed E-state index contributed by atoms with van der Waals surface area (Å²) in [7, 11) is 0. The number of nitrogens with two attached hydrogens (primary N) is 1. The fraction of sp³-hybridized carbons (Fsp3) is 0.750. The highest BCUT2D eigenvalue weighted by atomic mass is 32.2. The van der Waals surface area contributed by atoms with Crippen LogP contribution in [0.2, 0.25) is 0 Å². The fourth-order valence-corrected chi connectivity index (χ4v) is 3.98. The average Bonchev–Trinajstić information content (AvgIpc) is 3.19. The Morgan fingerprint density at radius 2 is 1.72 bits per heavy atom. The number of aliphatic carboxylic acids is 2. The van der Waals surface area contributed by atoms with E-state index in [2.05, 4.69) is 10.6 Å². The number of rotatable bonds is 13. The number of thioether (sulfide) groups is 1. The molecule has 0 saturated carbocycles. The quantitative estimate of drug-likeness (QED) is 0.238. The van der Waals surface area contributed by atoms with Gasteiger partial charge >= 0.3 is 11.9 Å². The van der Waals surface area contributed by atoms with Gasteiger partial charge in [-0.05, 0) is 43.6 Å². The van der Waals surface area contributed by atoms with E-state index in [-0.39, 0.29) is 25.3 Å². The predicted molar refractivity (Wildman–Crippen MR) is 119 cm³/mol. The molecule has 11 nitrogen and oxygen atoms in total. The molecule has 6 N–H and O–H groups in total. The van der Waals surface area contributed by atoms with E-state index in [9.17, 15) is 34.2 Å². The van der Waals surface area contributed by atoms with Crippen molar-refractivity contribution in [1.82, 2.24) is 15.5 Å². The van der Waals surface area contributed by atoms with Gasteiger partial charge in [0, 0.05) is 6.54 Å². The second-order valence-corrected chi connectivity index (χ2v) is 9.25. The molecule has 182 valence electrons. The number of carboxylic acids is 2. The van der Waals surface area contributed by atoms with Crippen LogP contribution < -0.4 is 16.4 Å². The molecule has 1 rings (SSSR count). The van der Waals surface area contributed by atoms with Crippen molar-refractivity contribution in [1.29, 1.82) is 0 Å². The van der Waals surface area contributed by atoms with Gasteiger partial charge in [0.05, 0.1) is 12.5 Å². The van der Waals surface area contributed by atoms with Gasteiger partial charge in [-0.25, -0.2) is 4.79 Å². The summed E-state index contributed by atoms with van der Waals surface area (Å²) in [4.78, 5) is 62.1. The first-order chi connectivity index (χ1) is 15.0. The van der Waals surface area contributed by atoms with E-state index in [0.717, 1.165) is 4.90 Å². The Labute approximate surface area is 191 Å². The van der Waals surface area contributed by atoms with Gasteiger partial charge in [-0.15, -0.1) is 0 Å². The second-order valence-electron chi connectivity index (χ2n) is 8.27. The Morgan fingerprint density at radius 1 is 1.09 bits per heavy atom. The summed E-state index contributed by atoms with van der Waals surface area (Å²) in [5.41, 5.74) is 5.87. The lowest BCUT2D eigenvalue weighted by Gasteiger charge is -2.28. The van der Waals surface area contributed by atoms with E-state index >= 15 is 0 Å². The standard InChI is InChI=1S/C20H34N4O7S/c1-11(2)9-13(22-17(27)12(21)6-8-32-3)18(28)23-14(10-16(25)26)19(29)24-7-4-5-15(24)20(30)31/h11-15H,4-10,21H2,1-3H3,(H,22,27)(H,23,28)(H,25,26)(H,30,31). The number of nitrogens with one attached hydrogen (secondary N) is 2. The molecular formula is C20H34N4O7S. The summed E-state index contributed by atoms with van der Waals surface area (Å²) in [6.07, 6.45) is 2.58. The highest BCUT2D eigenvalue weighted by Gasteiger charge is 2.39. The Hall–Kier alpha value is -2.34. The van der Waals surface area contributed by atoms with Crippen LogP contribution in [0.5, 0.6) is 0 Å². The van der Waals surface area contributed by atoms with Crippen LogP contribution in [-0.4, -0.2) is 87.5 Å². The van der Waals surface area contributed by atoms with E-state index in [4.69, 9.17) is 5.73 Å². The maximum absolute atomic E-state index is 12.9. The van der Waals surface area contributed by atoms with E-state index in [1.807, 2.05) is 20.1 Å². The molecule has 4 unspecified atom stereocenters. The third-order valence-corrected chi connectivity index (χ3v) is 5.77. The molecule has 0 aliphatic carbocycles. The summed E-state index contributed by atoms with van der Waals surface area (Å²) in [5, 5.41) is 23.6. The molecule has 0 spiro atoms. The van der Waals surface area contributed by atoms with Gasteiger partial charge in [0.15, 0.2) is 0 Å². The summed E-state index contributed by atoms with van der Waals surface area (Å²) in [5.74, 6) is -3.81. The molecule has 1 heterocycles. The topological polar surface area (TPSA) is 179 Å². The largest absolute Gasteiger partial charge is 0.481 e. The Balaban J connectivity index is 2.97. The maximum Gasteiger partial charge on any atom is 0.326 e. The highest BCUT2D eigenvalue weighted by Crippen LogP contribution is 2.19. The minimum absolute atomic E-state index is 0.0112. The summed E-state index contributed by atoms with van der Waals surface area (Å²) < 4.78 is 0. The van der Waals surface area contributed by atoms with Crippen molar-refractivity contribution in [3.8, 4) is 0 Å². The number of likely N-dealkylation sites (tertiary alicyclic amines) is 1. The lowest BCUT2D eigenvalue weighted by Crippen LogP contribution is -2.57. The number of amides is 3. The average molecular weight is 475 g/mol. The first-order valence-corrected chi connectivity index (χ1v) is 12.0. The molecule has 1 fully saturated rings. The predicted octanol–water partition coefficient (Wildman–Crippen LogP) is -0.367. The molecule has 1 aliphatic rings. The van der Waals surface area contributed by atoms with Crippen molar-refractivity contribution in [2.75, 3.05) is 18.6 Å². The van der Waals surface area contributed by atoms with Crippen LogP contribution in [0.25, 0.3) is 0 Å². The lowest BCUT2D eigenvalue weighted by molar-refractivity contribution is -0.150. The van der Waals surface area contributed by atoms with Crippen LogP contribution in [-0.2, 0) is 24.0 Å². The number of carboxylic acid groups (broad SMARTS) is 2. The number of hydrogen-bond donors (Lipinski definition) is 5. The van der Waals surface area contributed by atoms with E-state index in [0.29, 0.717) is 18.6 Å². The van der Waals surface area contributed by atoms with Gasteiger partial charge in [0.2, 0.25) is 17.7 Å². The van der Waals surface area contributed by atoms with Crippen molar-refractivity contribution >= 4 is 41.4 Å². The number of nitrogens with zero attached hydrogens (tertiary/aromatic N) is 1. The monoisotopic (exact) mass is 474 g/mol. The zero-order chi connectivity index (χ0) is 24.4. The number of carbonyl (C=O) groups excluding carboxylic acids is 3. The normalized spacial score (nSPS) is 18.7. The van der Waals surface area contributed by atoms with Crippen molar-refractivity contribution in [3.05, 3.63) is 0 Å². The zero-order valence-electron chi connectivity index (χ0n) is 18.7. The van der Waals surface area contributed by atoms with Crippen molar-refractivity contribution < 1.29 is 34.2 Å². The van der Waals surface area contributed by atoms with Crippen LogP contribution in [0.15, 0.2) is 0 Å². The third kappa shape index (κ3) is 8.65. The SMILES string of the molecule is CSCCC(N)C(=O)NC(CC(C)C)C(=O)NC(CC(=O)O)C(=O)N1CCCC1C(=O)O. The van der Waals surface area contributed by atoms with Gasteiger partial charge in [0.1, 0.15) is 18.1 Å². The molecule has 4 atom stereocenters. The Morgan fingerprint density at radius 3 is 2.25 bits per heavy atom. The molecule has 1 aliphatic heterocycles. The van der Waals surface area contributed by atoms with E-state index < -0.39 is 60.2 Å². The molecule has 1 saturated heterocycles. The van der Waals surface area contributed by atoms with Gasteiger partial charge in [0.25, 0.3) is 0 Å². The molecular weight excluding hydrogens is 440 g/mol. The van der Waals surface area contributed by atoms with Crippen molar-refractivity contribution in [2.45, 2.75) is 70.1 Å². The number of hydrogen-bond acceptors (Lipinski definition) is 7. The van der Waals surface area contributed by atoms with Crippen LogP contribution in [0.1, 0.15) is 46.0 Å². The molecule has 0 aromatic rings. The first-order valence-electron chi connectivity index (χ1n) is 10.6. The molecule has 12 heteroatoms. The van der Waals surface area contributed by atoms with Gasteiger partial charge < -0.3 is 31.5 Å². The minimum atomic E-state index is -1.45. The van der Waals surface area contributed by atoms with Crippen molar-refractivity contribution in [2.24, 2.45) is 11.7 Å². The van der Waals surface area contributed by atoms with Crippen LogP contribution >= 0.6 is 11.8 Å². The van der Waals surface area contributed by atoms with Crippen LogP contribution in [0, 0.1) is 5.92 Å². The molecule has 3 amide bonds. The lowest BCUT2D eigenvalue weighted by atomic mass is 10.0. The summed E-state index contributed by atoms with van der Waals surface area (Å²) in [6.45, 7) is 3.86. The number of carbonyl (C=O) groups is 5. The third-order valence-electron chi connectivity index (χ3n) is 5.12. The molecule has 32 heavy (non-hydrogen) atoms. The Kier molecular flexibility index (Phi) is 11.5. The van der Waals surface area contributed by atoms with Crippen LogP contribution in [0.4, 0.5) is 0 Å². The zero-order valence-corrected chi connectivity index (χ0v) is 19.5. The molecule has 0 aromatic carbocycles. The van der Waals surface area contributed by atoms with Gasteiger partial charge in [-0.2, -0.15) is 11.8 Å². The molecule has 0 aromatic heterocycles. The minimum Gasteiger partial charge on any atom is -0.481 e. The fourth-order valence-electron chi connectivity index (χ4n) is 3.49. The molecule has 0 radical (unpaired) electrons. The van der Waals surface area contributed by atoms with Crippen molar-refractivity contribution in [3.63, 3.8) is 0 Å².